The third kappa shape index (κ3) is 5.23. The van der Waals surface area contributed by atoms with Crippen molar-refractivity contribution >= 4 is 34.1 Å². The van der Waals surface area contributed by atoms with Crippen LogP contribution in [0.4, 0.5) is 5.69 Å². The monoisotopic (exact) mass is 285 g/mol. The standard InChI is InChI=1S/C13H19NO2S2/c1-9(2)14-12-6-4-11(5-7-12)8-16-13(15)10(3)18-17/h4-7,9-10,14,17H,8H2,1-3H3. The van der Waals surface area contributed by atoms with Gasteiger partial charge in [-0.1, -0.05) is 22.9 Å². The molecule has 1 N–H and O–H groups in total. The van der Waals surface area contributed by atoms with Crippen molar-refractivity contribution in [2.75, 3.05) is 5.32 Å². The number of hydrogen-bond acceptors (Lipinski definition) is 5. The Hall–Kier alpha value is -0.810. The smallest absolute Gasteiger partial charge is 0.319 e. The van der Waals surface area contributed by atoms with Gasteiger partial charge in [-0.15, -0.1) is 11.7 Å². The predicted molar refractivity (Wildman–Crippen MR) is 81.0 cm³/mol. The first-order valence-electron chi connectivity index (χ1n) is 5.85. The lowest BCUT2D eigenvalue weighted by Gasteiger charge is -2.11. The number of ether oxygens (including phenoxy) is 1. The van der Waals surface area contributed by atoms with E-state index in [4.69, 9.17) is 4.74 Å². The van der Waals surface area contributed by atoms with Crippen LogP contribution in [0.25, 0.3) is 0 Å². The van der Waals surface area contributed by atoms with Crippen LogP contribution >= 0.6 is 22.5 Å². The Balaban J connectivity index is 2.46. The number of nitrogens with one attached hydrogen (secondary N) is 1. The molecular weight excluding hydrogens is 266 g/mol. The van der Waals surface area contributed by atoms with Gasteiger partial charge in [0.2, 0.25) is 0 Å². The fraction of sp³-hybridized carbons (Fsp3) is 0.462. The van der Waals surface area contributed by atoms with E-state index in [1.54, 1.807) is 6.92 Å². The molecule has 0 radical (unpaired) electrons. The molecule has 100 valence electrons. The molecule has 18 heavy (non-hydrogen) atoms. The number of carbonyl (C=O) groups is 1. The van der Waals surface area contributed by atoms with E-state index in [9.17, 15) is 4.79 Å². The molecule has 0 bridgehead atoms. The van der Waals surface area contributed by atoms with E-state index in [1.165, 1.54) is 10.8 Å². The minimum atomic E-state index is -0.241. The summed E-state index contributed by atoms with van der Waals surface area (Å²) in [6.07, 6.45) is 0. The van der Waals surface area contributed by atoms with E-state index in [0.717, 1.165) is 11.3 Å². The van der Waals surface area contributed by atoms with Crippen molar-refractivity contribution < 1.29 is 9.53 Å². The number of carbonyl (C=O) groups excluding carboxylic acids is 1. The highest BCUT2D eigenvalue weighted by Crippen LogP contribution is 2.17. The molecule has 1 aromatic rings. The molecular formula is C13H19NO2S2. The number of benzene rings is 1. The molecule has 0 saturated carbocycles. The van der Waals surface area contributed by atoms with Gasteiger partial charge >= 0.3 is 5.97 Å². The second-order valence-electron chi connectivity index (χ2n) is 4.35. The minimum absolute atomic E-state index is 0.237. The van der Waals surface area contributed by atoms with Crippen molar-refractivity contribution in [3.8, 4) is 0 Å². The highest BCUT2D eigenvalue weighted by atomic mass is 33.1. The molecule has 0 aliphatic carbocycles. The fourth-order valence-electron chi connectivity index (χ4n) is 1.35. The van der Waals surface area contributed by atoms with Crippen LogP contribution in [0.15, 0.2) is 24.3 Å². The van der Waals surface area contributed by atoms with Crippen molar-refractivity contribution in [3.05, 3.63) is 29.8 Å². The van der Waals surface area contributed by atoms with E-state index in [2.05, 4.69) is 30.8 Å². The lowest BCUT2D eigenvalue weighted by atomic mass is 10.2. The molecule has 3 nitrogen and oxygen atoms in total. The summed E-state index contributed by atoms with van der Waals surface area (Å²) in [6.45, 7) is 6.26. The van der Waals surface area contributed by atoms with E-state index < -0.39 is 0 Å². The van der Waals surface area contributed by atoms with Crippen molar-refractivity contribution in [2.24, 2.45) is 0 Å². The van der Waals surface area contributed by atoms with Crippen LogP contribution in [0.2, 0.25) is 0 Å². The van der Waals surface area contributed by atoms with Crippen LogP contribution in [-0.4, -0.2) is 17.3 Å². The Labute approximate surface area is 117 Å². The topological polar surface area (TPSA) is 38.3 Å². The number of anilines is 1. The van der Waals surface area contributed by atoms with Gasteiger partial charge in [0.1, 0.15) is 11.9 Å². The second-order valence-corrected chi connectivity index (χ2v) is 5.90. The van der Waals surface area contributed by atoms with Gasteiger partial charge in [-0.05, 0) is 38.5 Å². The highest BCUT2D eigenvalue weighted by Gasteiger charge is 2.13. The summed E-state index contributed by atoms with van der Waals surface area (Å²) in [5.41, 5.74) is 2.05. The molecule has 0 fully saturated rings. The Kier molecular flexibility index (Phi) is 6.43. The Morgan fingerprint density at radius 3 is 2.44 bits per heavy atom. The van der Waals surface area contributed by atoms with Crippen molar-refractivity contribution in [1.29, 1.82) is 0 Å². The Bertz CT molecular complexity index is 379. The first kappa shape index (κ1) is 15.2. The zero-order chi connectivity index (χ0) is 13.5. The molecule has 1 unspecified atom stereocenters. The van der Waals surface area contributed by atoms with E-state index in [0.29, 0.717) is 12.6 Å². The van der Waals surface area contributed by atoms with Crippen LogP contribution in [0, 0.1) is 0 Å². The highest BCUT2D eigenvalue weighted by molar-refractivity contribution is 8.69. The number of rotatable bonds is 6. The van der Waals surface area contributed by atoms with Crippen LogP contribution in [-0.2, 0) is 16.1 Å². The summed E-state index contributed by atoms with van der Waals surface area (Å²) in [7, 11) is 1.19. The van der Waals surface area contributed by atoms with Gasteiger partial charge in [0.25, 0.3) is 0 Å². The Morgan fingerprint density at radius 2 is 1.94 bits per heavy atom. The van der Waals surface area contributed by atoms with Gasteiger partial charge in [0, 0.05) is 11.7 Å². The molecule has 1 aromatic carbocycles. The quantitative estimate of drug-likeness (QED) is 0.476. The van der Waals surface area contributed by atoms with Gasteiger partial charge in [-0.3, -0.25) is 4.79 Å². The van der Waals surface area contributed by atoms with Crippen molar-refractivity contribution in [3.63, 3.8) is 0 Å². The summed E-state index contributed by atoms with van der Waals surface area (Å²) in [5, 5.41) is 3.06. The zero-order valence-corrected chi connectivity index (χ0v) is 12.6. The van der Waals surface area contributed by atoms with E-state index in [1.807, 2.05) is 24.3 Å². The van der Waals surface area contributed by atoms with Crippen molar-refractivity contribution in [2.45, 2.75) is 38.7 Å². The zero-order valence-electron chi connectivity index (χ0n) is 10.8. The van der Waals surface area contributed by atoms with Gasteiger partial charge in [-0.25, -0.2) is 0 Å². The normalized spacial score (nSPS) is 12.3. The van der Waals surface area contributed by atoms with Crippen LogP contribution < -0.4 is 5.32 Å². The second kappa shape index (κ2) is 7.59. The predicted octanol–water partition coefficient (Wildman–Crippen LogP) is 3.52. The average molecular weight is 285 g/mol. The van der Waals surface area contributed by atoms with Crippen molar-refractivity contribution in [1.82, 2.24) is 0 Å². The summed E-state index contributed by atoms with van der Waals surface area (Å²) in [5.74, 6) is -0.237. The maximum Gasteiger partial charge on any atom is 0.319 e. The lowest BCUT2D eigenvalue weighted by molar-refractivity contribution is -0.143. The maximum atomic E-state index is 11.5. The van der Waals surface area contributed by atoms with Crippen LogP contribution in [0.3, 0.4) is 0 Å². The van der Waals surface area contributed by atoms with Gasteiger partial charge in [0.05, 0.1) is 0 Å². The fourth-order valence-corrected chi connectivity index (χ4v) is 1.76. The van der Waals surface area contributed by atoms with E-state index >= 15 is 0 Å². The lowest BCUT2D eigenvalue weighted by Crippen LogP contribution is -2.15. The molecule has 0 spiro atoms. The summed E-state index contributed by atoms with van der Waals surface area (Å²) in [6, 6.07) is 8.29. The summed E-state index contributed by atoms with van der Waals surface area (Å²) in [4.78, 5) is 11.5. The van der Waals surface area contributed by atoms with Crippen LogP contribution in [0.5, 0.6) is 0 Å². The first-order chi connectivity index (χ1) is 8.52. The summed E-state index contributed by atoms with van der Waals surface area (Å²) < 4.78 is 5.17. The molecule has 5 heteroatoms. The molecule has 0 aliphatic heterocycles. The third-order valence-corrected chi connectivity index (χ3v) is 3.74. The molecule has 0 amide bonds. The molecule has 0 heterocycles. The SMILES string of the molecule is CC(C)Nc1ccc(COC(=O)C(C)SS)cc1. The minimum Gasteiger partial charge on any atom is -0.460 e. The van der Waals surface area contributed by atoms with Gasteiger partial charge in [-0.2, -0.15) is 0 Å². The Morgan fingerprint density at radius 1 is 1.33 bits per heavy atom. The molecule has 1 rings (SSSR count). The molecule has 0 aliphatic rings. The maximum absolute atomic E-state index is 11.5. The van der Waals surface area contributed by atoms with Crippen LogP contribution in [0.1, 0.15) is 26.3 Å². The molecule has 0 aromatic heterocycles. The first-order valence-corrected chi connectivity index (χ1v) is 7.78. The molecule has 0 saturated heterocycles. The average Bonchev–Trinajstić information content (AvgIpc) is 2.36. The number of hydrogen-bond donors (Lipinski definition) is 2. The number of thiol groups is 1. The third-order valence-electron chi connectivity index (χ3n) is 2.28. The van der Waals surface area contributed by atoms with E-state index in [-0.39, 0.29) is 11.2 Å². The van der Waals surface area contributed by atoms with Gasteiger partial charge < -0.3 is 10.1 Å². The van der Waals surface area contributed by atoms with Gasteiger partial charge in [0.15, 0.2) is 0 Å². The largest absolute Gasteiger partial charge is 0.460 e. The number of esters is 1. The molecule has 1 atom stereocenters. The summed E-state index contributed by atoms with van der Waals surface area (Å²) >= 11 is 3.99.